The molecule has 1 heterocycles. The molecule has 136 valence electrons. The maximum atomic E-state index is 13.2. The number of nitrogens with zero attached hydrogens (tertiary/aromatic N) is 2. The van der Waals surface area contributed by atoms with Crippen LogP contribution in [0, 0.1) is 31.5 Å². The largest absolute Gasteiger partial charge is 0.316 e. The van der Waals surface area contributed by atoms with E-state index in [-0.39, 0.29) is 5.82 Å². The summed E-state index contributed by atoms with van der Waals surface area (Å²) in [7, 11) is 0. The topological polar surface area (TPSA) is 37.8 Å². The van der Waals surface area contributed by atoms with Crippen LogP contribution >= 0.6 is 0 Å². The first kappa shape index (κ1) is 19.5. The molecule has 0 aliphatic rings. The molecule has 0 radical (unpaired) electrons. The van der Waals surface area contributed by atoms with Crippen molar-refractivity contribution in [2.24, 2.45) is 11.8 Å². The second kappa shape index (κ2) is 9.04. The lowest BCUT2D eigenvalue weighted by Crippen LogP contribution is -2.25. The Labute approximate surface area is 151 Å². The van der Waals surface area contributed by atoms with Gasteiger partial charge in [0, 0.05) is 16.8 Å². The van der Waals surface area contributed by atoms with Crippen molar-refractivity contribution in [2.45, 2.75) is 47.5 Å². The van der Waals surface area contributed by atoms with E-state index in [0.717, 1.165) is 53.8 Å². The lowest BCUT2D eigenvalue weighted by Gasteiger charge is -2.16. The SMILES string of the molecule is Cc1nc(C)c(CCNC[C@H](C)CC(C)C)c(-c2ccc(F)cc2)n1. The Morgan fingerprint density at radius 3 is 2.36 bits per heavy atom. The monoisotopic (exact) mass is 343 g/mol. The molecule has 25 heavy (non-hydrogen) atoms. The van der Waals surface area contributed by atoms with E-state index in [1.807, 2.05) is 13.8 Å². The Morgan fingerprint density at radius 1 is 1.04 bits per heavy atom. The summed E-state index contributed by atoms with van der Waals surface area (Å²) >= 11 is 0. The molecule has 2 aromatic rings. The van der Waals surface area contributed by atoms with E-state index in [2.05, 4.69) is 36.1 Å². The van der Waals surface area contributed by atoms with Crippen molar-refractivity contribution in [3.05, 3.63) is 47.2 Å². The zero-order valence-corrected chi connectivity index (χ0v) is 16.1. The molecule has 1 atom stereocenters. The average Bonchev–Trinajstić information content (AvgIpc) is 2.52. The fourth-order valence-corrected chi connectivity index (χ4v) is 3.33. The first-order valence-electron chi connectivity index (χ1n) is 9.17. The number of rotatable bonds is 8. The fraction of sp³-hybridized carbons (Fsp3) is 0.524. The highest BCUT2D eigenvalue weighted by Crippen LogP contribution is 2.24. The van der Waals surface area contributed by atoms with Crippen LogP contribution in [0.15, 0.2) is 24.3 Å². The summed E-state index contributed by atoms with van der Waals surface area (Å²) in [6.45, 7) is 12.7. The molecule has 1 N–H and O–H groups in total. The molecule has 0 aliphatic heterocycles. The molecule has 0 aliphatic carbocycles. The molecule has 3 nitrogen and oxygen atoms in total. The van der Waals surface area contributed by atoms with E-state index in [1.165, 1.54) is 18.6 Å². The van der Waals surface area contributed by atoms with Crippen LogP contribution in [0.2, 0.25) is 0 Å². The van der Waals surface area contributed by atoms with Gasteiger partial charge in [-0.1, -0.05) is 20.8 Å². The summed E-state index contributed by atoms with van der Waals surface area (Å²) in [5.41, 5.74) is 4.00. The minimum absolute atomic E-state index is 0.228. The summed E-state index contributed by atoms with van der Waals surface area (Å²) in [4.78, 5) is 9.14. The summed E-state index contributed by atoms with van der Waals surface area (Å²) in [6, 6.07) is 6.55. The van der Waals surface area contributed by atoms with Crippen molar-refractivity contribution in [3.63, 3.8) is 0 Å². The van der Waals surface area contributed by atoms with Gasteiger partial charge in [0.15, 0.2) is 0 Å². The molecule has 0 amide bonds. The highest BCUT2D eigenvalue weighted by atomic mass is 19.1. The number of aromatic nitrogens is 2. The molecule has 1 aromatic carbocycles. The molecule has 0 saturated carbocycles. The standard InChI is InChI=1S/C21H30FN3/c1-14(2)12-15(3)13-23-11-10-20-16(4)24-17(5)25-21(20)18-6-8-19(22)9-7-18/h6-9,14-15,23H,10-13H2,1-5H3/t15-/m1/s1. The second-order valence-electron chi connectivity index (χ2n) is 7.38. The summed E-state index contributed by atoms with van der Waals surface area (Å²) in [5.74, 6) is 1.93. The predicted molar refractivity (Wildman–Crippen MR) is 102 cm³/mol. The molecule has 0 saturated heterocycles. The van der Waals surface area contributed by atoms with Crippen LogP contribution in [-0.4, -0.2) is 23.1 Å². The smallest absolute Gasteiger partial charge is 0.126 e. The molecule has 2 rings (SSSR count). The van der Waals surface area contributed by atoms with Gasteiger partial charge in [-0.3, -0.25) is 0 Å². The molecule has 1 aromatic heterocycles. The third-order valence-electron chi connectivity index (χ3n) is 4.36. The molecule has 0 spiro atoms. The third kappa shape index (κ3) is 5.89. The Bertz CT molecular complexity index is 680. The van der Waals surface area contributed by atoms with Crippen LogP contribution in [0.1, 0.15) is 44.3 Å². The van der Waals surface area contributed by atoms with Crippen molar-refractivity contribution >= 4 is 0 Å². The average molecular weight is 343 g/mol. The van der Waals surface area contributed by atoms with Crippen molar-refractivity contribution in [2.75, 3.05) is 13.1 Å². The van der Waals surface area contributed by atoms with Gasteiger partial charge in [-0.05, 0) is 75.9 Å². The van der Waals surface area contributed by atoms with Crippen LogP contribution in [0.3, 0.4) is 0 Å². The highest BCUT2D eigenvalue weighted by molar-refractivity contribution is 5.64. The maximum absolute atomic E-state index is 13.2. The quantitative estimate of drug-likeness (QED) is 0.705. The van der Waals surface area contributed by atoms with Crippen molar-refractivity contribution in [1.82, 2.24) is 15.3 Å². The van der Waals surface area contributed by atoms with Gasteiger partial charge in [-0.2, -0.15) is 0 Å². The normalized spacial score (nSPS) is 12.6. The molecule has 4 heteroatoms. The predicted octanol–water partition coefficient (Wildman–Crippen LogP) is 4.71. The van der Waals surface area contributed by atoms with E-state index < -0.39 is 0 Å². The minimum Gasteiger partial charge on any atom is -0.316 e. The molecular formula is C21H30FN3. The van der Waals surface area contributed by atoms with Gasteiger partial charge in [0.2, 0.25) is 0 Å². The molecule has 0 unspecified atom stereocenters. The summed E-state index contributed by atoms with van der Waals surface area (Å²) in [6.07, 6.45) is 2.10. The van der Waals surface area contributed by atoms with E-state index in [4.69, 9.17) is 0 Å². The van der Waals surface area contributed by atoms with Crippen LogP contribution in [0.25, 0.3) is 11.3 Å². The maximum Gasteiger partial charge on any atom is 0.126 e. The Morgan fingerprint density at radius 2 is 1.72 bits per heavy atom. The summed E-state index contributed by atoms with van der Waals surface area (Å²) in [5, 5.41) is 3.55. The van der Waals surface area contributed by atoms with E-state index >= 15 is 0 Å². The van der Waals surface area contributed by atoms with Crippen LogP contribution in [0.5, 0.6) is 0 Å². The number of aryl methyl sites for hydroxylation is 2. The number of hydrogen-bond donors (Lipinski definition) is 1. The fourth-order valence-electron chi connectivity index (χ4n) is 3.33. The van der Waals surface area contributed by atoms with Crippen LogP contribution < -0.4 is 5.32 Å². The number of benzene rings is 1. The number of nitrogens with one attached hydrogen (secondary N) is 1. The van der Waals surface area contributed by atoms with E-state index in [9.17, 15) is 4.39 Å². The Kier molecular flexibility index (Phi) is 7.06. The van der Waals surface area contributed by atoms with Gasteiger partial charge in [-0.25, -0.2) is 14.4 Å². The first-order chi connectivity index (χ1) is 11.9. The van der Waals surface area contributed by atoms with Crippen LogP contribution in [0.4, 0.5) is 4.39 Å². The first-order valence-corrected chi connectivity index (χ1v) is 9.17. The lowest BCUT2D eigenvalue weighted by atomic mass is 9.98. The zero-order valence-electron chi connectivity index (χ0n) is 16.1. The van der Waals surface area contributed by atoms with E-state index in [0.29, 0.717) is 5.92 Å². The van der Waals surface area contributed by atoms with Gasteiger partial charge in [0.25, 0.3) is 0 Å². The summed E-state index contributed by atoms with van der Waals surface area (Å²) < 4.78 is 13.2. The number of halogens is 1. The van der Waals surface area contributed by atoms with Crippen molar-refractivity contribution < 1.29 is 4.39 Å². The zero-order chi connectivity index (χ0) is 18.4. The van der Waals surface area contributed by atoms with Gasteiger partial charge in [0.05, 0.1) is 5.69 Å². The van der Waals surface area contributed by atoms with Gasteiger partial charge >= 0.3 is 0 Å². The number of hydrogen-bond acceptors (Lipinski definition) is 3. The Balaban J connectivity index is 2.08. The Hall–Kier alpha value is -1.81. The van der Waals surface area contributed by atoms with Gasteiger partial charge < -0.3 is 5.32 Å². The minimum atomic E-state index is -0.228. The van der Waals surface area contributed by atoms with Gasteiger partial charge in [0.1, 0.15) is 11.6 Å². The lowest BCUT2D eigenvalue weighted by molar-refractivity contribution is 0.415. The molecule has 0 bridgehead atoms. The molecular weight excluding hydrogens is 313 g/mol. The third-order valence-corrected chi connectivity index (χ3v) is 4.36. The van der Waals surface area contributed by atoms with Crippen molar-refractivity contribution in [3.8, 4) is 11.3 Å². The highest BCUT2D eigenvalue weighted by Gasteiger charge is 2.13. The van der Waals surface area contributed by atoms with Crippen LogP contribution in [-0.2, 0) is 6.42 Å². The second-order valence-corrected chi connectivity index (χ2v) is 7.38. The van der Waals surface area contributed by atoms with Crippen molar-refractivity contribution in [1.29, 1.82) is 0 Å². The van der Waals surface area contributed by atoms with Gasteiger partial charge in [-0.15, -0.1) is 0 Å². The molecule has 0 fully saturated rings. The van der Waals surface area contributed by atoms with E-state index in [1.54, 1.807) is 12.1 Å².